The largest absolute Gasteiger partial charge is 0.307 e. The lowest BCUT2D eigenvalue weighted by Gasteiger charge is -2.30. The third-order valence-corrected chi connectivity index (χ3v) is 2.90. The van der Waals surface area contributed by atoms with Crippen LogP contribution < -0.4 is 0 Å². The summed E-state index contributed by atoms with van der Waals surface area (Å²) in [6.45, 7) is 13.0. The third-order valence-electron chi connectivity index (χ3n) is 2.90. The minimum atomic E-state index is 0.865. The maximum Gasteiger partial charge on any atom is 0.106 e. The first-order valence-electron chi connectivity index (χ1n) is 5.69. The molecule has 2 heteroatoms. The Hall–Kier alpha value is -0.370. The van der Waals surface area contributed by atoms with Crippen LogP contribution in [0.1, 0.15) is 40.0 Å². The molecular weight excluding hydrogens is 174 g/mol. The zero-order valence-corrected chi connectivity index (χ0v) is 9.96. The second-order valence-electron chi connectivity index (χ2n) is 4.71. The second-order valence-corrected chi connectivity index (χ2v) is 4.71. The van der Waals surface area contributed by atoms with Crippen molar-refractivity contribution in [1.82, 2.24) is 4.90 Å². The van der Waals surface area contributed by atoms with Crippen LogP contribution in [0.5, 0.6) is 0 Å². The standard InChI is InChI=1S/C11H23N.CH2O/c1-10(2)4-7-12-8-5-11(3)6-9-12;1-2/h10-11H,4-9H2,1-3H3;1H2. The van der Waals surface area contributed by atoms with Gasteiger partial charge in [-0.2, -0.15) is 0 Å². The first kappa shape index (κ1) is 13.6. The number of nitrogens with zero attached hydrogens (tertiary/aromatic N) is 1. The van der Waals surface area contributed by atoms with Gasteiger partial charge in [0.2, 0.25) is 0 Å². The molecule has 0 aromatic heterocycles. The number of hydrogen-bond donors (Lipinski definition) is 0. The van der Waals surface area contributed by atoms with E-state index in [1.165, 1.54) is 38.9 Å². The SMILES string of the molecule is C=O.CC(C)CCN1CCC(C)CC1. The van der Waals surface area contributed by atoms with E-state index in [-0.39, 0.29) is 0 Å². The van der Waals surface area contributed by atoms with Crippen LogP contribution in [0.15, 0.2) is 0 Å². The highest BCUT2D eigenvalue weighted by atomic mass is 16.1. The molecule has 1 heterocycles. The number of carbonyl (C=O) groups excluding carboxylic acids is 1. The Kier molecular flexibility index (Phi) is 7.77. The van der Waals surface area contributed by atoms with Gasteiger partial charge >= 0.3 is 0 Å². The first-order chi connectivity index (χ1) is 6.68. The Balaban J connectivity index is 0.000000791. The average molecular weight is 199 g/mol. The summed E-state index contributed by atoms with van der Waals surface area (Å²) in [7, 11) is 0. The van der Waals surface area contributed by atoms with E-state index >= 15 is 0 Å². The molecule has 0 aromatic carbocycles. The Labute approximate surface area is 88.7 Å². The summed E-state index contributed by atoms with van der Waals surface area (Å²) in [5.41, 5.74) is 0. The molecule has 0 atom stereocenters. The predicted octanol–water partition coefficient (Wildman–Crippen LogP) is 2.58. The summed E-state index contributed by atoms with van der Waals surface area (Å²) in [6.07, 6.45) is 4.20. The summed E-state index contributed by atoms with van der Waals surface area (Å²) < 4.78 is 0. The summed E-state index contributed by atoms with van der Waals surface area (Å²) in [5.74, 6) is 1.84. The first-order valence-corrected chi connectivity index (χ1v) is 5.69. The normalized spacial score (nSPS) is 19.1. The molecule has 1 aliphatic rings. The van der Waals surface area contributed by atoms with Gasteiger partial charge < -0.3 is 9.69 Å². The zero-order valence-electron chi connectivity index (χ0n) is 9.96. The van der Waals surface area contributed by atoms with Gasteiger partial charge in [0, 0.05) is 0 Å². The minimum Gasteiger partial charge on any atom is -0.307 e. The van der Waals surface area contributed by atoms with Crippen LogP contribution in [0.4, 0.5) is 0 Å². The van der Waals surface area contributed by atoms with Gasteiger partial charge in [0.15, 0.2) is 0 Å². The maximum atomic E-state index is 8.00. The van der Waals surface area contributed by atoms with Crippen molar-refractivity contribution in [3.63, 3.8) is 0 Å². The summed E-state index contributed by atoms with van der Waals surface area (Å²) in [5, 5.41) is 0. The van der Waals surface area contributed by atoms with Crippen LogP contribution in [0, 0.1) is 11.8 Å². The van der Waals surface area contributed by atoms with Crippen molar-refractivity contribution in [1.29, 1.82) is 0 Å². The van der Waals surface area contributed by atoms with E-state index < -0.39 is 0 Å². The Morgan fingerprint density at radius 2 is 1.79 bits per heavy atom. The van der Waals surface area contributed by atoms with Crippen LogP contribution in [0.3, 0.4) is 0 Å². The van der Waals surface area contributed by atoms with Gasteiger partial charge in [-0.1, -0.05) is 20.8 Å². The maximum absolute atomic E-state index is 8.00. The van der Waals surface area contributed by atoms with Gasteiger partial charge in [0.05, 0.1) is 0 Å². The van der Waals surface area contributed by atoms with Gasteiger partial charge in [-0.3, -0.25) is 0 Å². The second kappa shape index (κ2) is 7.98. The van der Waals surface area contributed by atoms with Crippen molar-refractivity contribution in [3.8, 4) is 0 Å². The molecule has 0 N–H and O–H groups in total. The number of carbonyl (C=O) groups is 1. The molecule has 0 saturated carbocycles. The molecule has 1 rings (SSSR count). The van der Waals surface area contributed by atoms with E-state index in [4.69, 9.17) is 4.79 Å². The Morgan fingerprint density at radius 1 is 1.29 bits per heavy atom. The summed E-state index contributed by atoms with van der Waals surface area (Å²) in [4.78, 5) is 10.6. The van der Waals surface area contributed by atoms with Gasteiger partial charge in [0.1, 0.15) is 6.79 Å². The highest BCUT2D eigenvalue weighted by Gasteiger charge is 2.14. The van der Waals surface area contributed by atoms with Crippen LogP contribution in [0.25, 0.3) is 0 Å². The molecule has 0 unspecified atom stereocenters. The van der Waals surface area contributed by atoms with Gasteiger partial charge in [-0.05, 0) is 50.7 Å². The van der Waals surface area contributed by atoms with Crippen molar-refractivity contribution in [2.45, 2.75) is 40.0 Å². The smallest absolute Gasteiger partial charge is 0.106 e. The quantitative estimate of drug-likeness (QED) is 0.696. The van der Waals surface area contributed by atoms with Crippen molar-refractivity contribution in [2.24, 2.45) is 11.8 Å². The topological polar surface area (TPSA) is 20.3 Å². The van der Waals surface area contributed by atoms with Crippen molar-refractivity contribution >= 4 is 6.79 Å². The van der Waals surface area contributed by atoms with E-state index in [9.17, 15) is 0 Å². The van der Waals surface area contributed by atoms with Gasteiger partial charge in [-0.25, -0.2) is 0 Å². The minimum absolute atomic E-state index is 0.865. The van der Waals surface area contributed by atoms with E-state index in [1.54, 1.807) is 0 Å². The van der Waals surface area contributed by atoms with Crippen LogP contribution >= 0.6 is 0 Å². The number of rotatable bonds is 3. The summed E-state index contributed by atoms with van der Waals surface area (Å²) in [6, 6.07) is 0. The van der Waals surface area contributed by atoms with Crippen molar-refractivity contribution in [2.75, 3.05) is 19.6 Å². The highest BCUT2D eigenvalue weighted by molar-refractivity contribution is 5.10. The zero-order chi connectivity index (χ0) is 11.0. The number of hydrogen-bond acceptors (Lipinski definition) is 2. The molecule has 0 amide bonds. The predicted molar refractivity (Wildman–Crippen MR) is 61.4 cm³/mol. The fourth-order valence-electron chi connectivity index (χ4n) is 1.73. The molecule has 0 radical (unpaired) electrons. The van der Waals surface area contributed by atoms with Gasteiger partial charge in [0.25, 0.3) is 0 Å². The fraction of sp³-hybridized carbons (Fsp3) is 0.917. The molecular formula is C12H25NO. The molecule has 0 bridgehead atoms. The van der Waals surface area contributed by atoms with Crippen molar-refractivity contribution in [3.05, 3.63) is 0 Å². The fourth-order valence-corrected chi connectivity index (χ4v) is 1.73. The van der Waals surface area contributed by atoms with Crippen LogP contribution in [-0.4, -0.2) is 31.3 Å². The molecule has 84 valence electrons. The monoisotopic (exact) mass is 199 g/mol. The molecule has 0 aromatic rings. The molecule has 0 aliphatic carbocycles. The molecule has 0 spiro atoms. The third kappa shape index (κ3) is 6.14. The number of piperidine rings is 1. The van der Waals surface area contributed by atoms with E-state index in [0.717, 1.165) is 11.8 Å². The molecule has 2 nitrogen and oxygen atoms in total. The van der Waals surface area contributed by atoms with Gasteiger partial charge in [-0.15, -0.1) is 0 Å². The van der Waals surface area contributed by atoms with E-state index in [0.29, 0.717) is 0 Å². The Morgan fingerprint density at radius 3 is 2.21 bits per heavy atom. The average Bonchev–Trinajstić information content (AvgIpc) is 2.20. The molecule has 1 saturated heterocycles. The van der Waals surface area contributed by atoms with E-state index in [2.05, 4.69) is 25.7 Å². The lowest BCUT2D eigenvalue weighted by Crippen LogP contribution is -2.34. The molecule has 1 fully saturated rings. The summed E-state index contributed by atoms with van der Waals surface area (Å²) >= 11 is 0. The Bertz CT molecular complexity index is 128. The lowest BCUT2D eigenvalue weighted by atomic mass is 9.99. The molecule has 14 heavy (non-hydrogen) atoms. The highest BCUT2D eigenvalue weighted by Crippen LogP contribution is 2.16. The lowest BCUT2D eigenvalue weighted by molar-refractivity contribution is -0.0979. The van der Waals surface area contributed by atoms with E-state index in [1.807, 2.05) is 6.79 Å². The van der Waals surface area contributed by atoms with Crippen LogP contribution in [-0.2, 0) is 4.79 Å². The molecule has 1 aliphatic heterocycles. The van der Waals surface area contributed by atoms with Crippen LogP contribution in [0.2, 0.25) is 0 Å². The number of likely N-dealkylation sites (tertiary alicyclic amines) is 1. The van der Waals surface area contributed by atoms with Crippen molar-refractivity contribution < 1.29 is 4.79 Å².